The molecule has 1 aliphatic heterocycles. The number of para-hydroxylation sites is 2. The van der Waals surface area contributed by atoms with Crippen LogP contribution in [0, 0.1) is 0 Å². The number of piperazine rings is 1. The van der Waals surface area contributed by atoms with Crippen LogP contribution in [-0.4, -0.2) is 58.5 Å². The van der Waals surface area contributed by atoms with Crippen LogP contribution in [0.5, 0.6) is 0 Å². The molecule has 1 amide bonds. The Morgan fingerprint density at radius 3 is 2.43 bits per heavy atom. The van der Waals surface area contributed by atoms with Gasteiger partial charge in [-0.25, -0.2) is 4.98 Å². The number of hydrogen-bond donors (Lipinski definition) is 1. The molecule has 0 atom stereocenters. The lowest BCUT2D eigenvalue weighted by atomic mass is 10.0. The van der Waals surface area contributed by atoms with Crippen molar-refractivity contribution in [3.63, 3.8) is 0 Å². The topological polar surface area (TPSA) is 53.4 Å². The molecular formula is C28H28F3N5O. The van der Waals surface area contributed by atoms with E-state index in [1.54, 1.807) is 12.4 Å². The molecule has 192 valence electrons. The van der Waals surface area contributed by atoms with E-state index in [1.807, 2.05) is 65.0 Å². The van der Waals surface area contributed by atoms with Gasteiger partial charge in [0.1, 0.15) is 6.33 Å². The van der Waals surface area contributed by atoms with Crippen LogP contribution < -0.4 is 5.32 Å². The molecule has 1 N–H and O–H groups in total. The minimum absolute atomic E-state index is 0.0509. The summed E-state index contributed by atoms with van der Waals surface area (Å²) < 4.78 is 43.5. The number of carbonyl (C=O) groups excluding carboxylic acids is 1. The number of anilines is 1. The molecule has 1 saturated heterocycles. The van der Waals surface area contributed by atoms with E-state index in [0.717, 1.165) is 54.5 Å². The van der Waals surface area contributed by atoms with Crippen LogP contribution in [-0.2, 0) is 23.9 Å². The number of amides is 1. The Morgan fingerprint density at radius 1 is 0.973 bits per heavy atom. The lowest BCUT2D eigenvalue weighted by molar-refractivity contribution is -0.138. The average molecular weight is 508 g/mol. The first-order chi connectivity index (χ1) is 17.8. The Labute approximate surface area is 213 Å². The summed E-state index contributed by atoms with van der Waals surface area (Å²) in [4.78, 5) is 21.2. The number of halogens is 3. The van der Waals surface area contributed by atoms with Crippen molar-refractivity contribution in [2.45, 2.75) is 19.1 Å². The number of fused-ring (bicyclic) bond motifs is 1. The highest BCUT2D eigenvalue weighted by molar-refractivity contribution is 5.92. The SMILES string of the molecule is CN1CCN(Cc2ccc(NC(=O)Cc3ccc(-n4cnc5ccccc54)cc3)cc2C(F)(F)F)CC1. The zero-order valence-electron chi connectivity index (χ0n) is 20.5. The molecule has 1 fully saturated rings. The number of imidazole rings is 1. The van der Waals surface area contributed by atoms with Gasteiger partial charge in [-0.1, -0.05) is 30.3 Å². The maximum atomic E-state index is 13.8. The van der Waals surface area contributed by atoms with E-state index in [2.05, 4.69) is 15.2 Å². The zero-order chi connectivity index (χ0) is 26.0. The molecule has 0 unspecified atom stereocenters. The van der Waals surface area contributed by atoms with Crippen molar-refractivity contribution in [1.82, 2.24) is 19.4 Å². The second-order valence-electron chi connectivity index (χ2n) is 9.44. The molecule has 2 heterocycles. The third kappa shape index (κ3) is 5.84. The summed E-state index contributed by atoms with van der Waals surface area (Å²) in [6, 6.07) is 19.3. The van der Waals surface area contributed by atoms with Gasteiger partial charge in [0.05, 0.1) is 23.0 Å². The van der Waals surface area contributed by atoms with Gasteiger partial charge in [-0.3, -0.25) is 14.3 Å². The van der Waals surface area contributed by atoms with Gasteiger partial charge < -0.3 is 10.2 Å². The van der Waals surface area contributed by atoms with Crippen LogP contribution in [0.1, 0.15) is 16.7 Å². The van der Waals surface area contributed by atoms with Crippen LogP contribution >= 0.6 is 0 Å². The number of nitrogens with zero attached hydrogens (tertiary/aromatic N) is 4. The number of alkyl halides is 3. The number of carbonyl (C=O) groups is 1. The predicted molar refractivity (Wildman–Crippen MR) is 138 cm³/mol. The molecule has 1 aromatic heterocycles. The van der Waals surface area contributed by atoms with Gasteiger partial charge in [-0.05, 0) is 54.6 Å². The van der Waals surface area contributed by atoms with E-state index in [4.69, 9.17) is 0 Å². The Hall–Kier alpha value is -3.69. The molecule has 4 aromatic rings. The van der Waals surface area contributed by atoms with E-state index >= 15 is 0 Å². The maximum Gasteiger partial charge on any atom is 0.416 e. The van der Waals surface area contributed by atoms with Crippen LogP contribution in [0.15, 0.2) is 73.1 Å². The summed E-state index contributed by atoms with van der Waals surface area (Å²) in [6.45, 7) is 3.34. The Balaban J connectivity index is 1.26. The molecule has 6 nitrogen and oxygen atoms in total. The van der Waals surface area contributed by atoms with Crippen molar-refractivity contribution in [3.05, 3.63) is 89.7 Å². The van der Waals surface area contributed by atoms with Crippen molar-refractivity contribution in [1.29, 1.82) is 0 Å². The fourth-order valence-electron chi connectivity index (χ4n) is 4.63. The number of nitrogens with one attached hydrogen (secondary N) is 1. The Kier molecular flexibility index (Phi) is 6.99. The van der Waals surface area contributed by atoms with E-state index in [1.165, 1.54) is 6.07 Å². The van der Waals surface area contributed by atoms with E-state index in [0.29, 0.717) is 0 Å². The number of hydrogen-bond acceptors (Lipinski definition) is 4. The van der Waals surface area contributed by atoms with Crippen LogP contribution in [0.2, 0.25) is 0 Å². The van der Waals surface area contributed by atoms with E-state index in [9.17, 15) is 18.0 Å². The summed E-state index contributed by atoms with van der Waals surface area (Å²) in [7, 11) is 2.01. The first-order valence-electron chi connectivity index (χ1n) is 12.2. The molecule has 0 aliphatic carbocycles. The largest absolute Gasteiger partial charge is 0.416 e. The second-order valence-corrected chi connectivity index (χ2v) is 9.44. The summed E-state index contributed by atoms with van der Waals surface area (Å²) in [5, 5.41) is 2.63. The van der Waals surface area contributed by atoms with Crippen LogP contribution in [0.4, 0.5) is 18.9 Å². The predicted octanol–water partition coefficient (Wildman–Crippen LogP) is 4.97. The number of rotatable bonds is 6. The third-order valence-corrected chi connectivity index (χ3v) is 6.72. The molecule has 0 radical (unpaired) electrons. The van der Waals surface area contributed by atoms with Gasteiger partial charge in [0.2, 0.25) is 5.91 Å². The fourth-order valence-corrected chi connectivity index (χ4v) is 4.63. The monoisotopic (exact) mass is 507 g/mol. The summed E-state index contributed by atoms with van der Waals surface area (Å²) >= 11 is 0. The lowest BCUT2D eigenvalue weighted by Crippen LogP contribution is -2.44. The van der Waals surface area contributed by atoms with Crippen molar-refractivity contribution in [3.8, 4) is 5.69 Å². The molecule has 1 aliphatic rings. The summed E-state index contributed by atoms with van der Waals surface area (Å²) in [6.07, 6.45) is -2.71. The minimum atomic E-state index is -4.50. The van der Waals surface area contributed by atoms with Crippen LogP contribution in [0.3, 0.4) is 0 Å². The Morgan fingerprint density at radius 2 is 1.70 bits per heavy atom. The third-order valence-electron chi connectivity index (χ3n) is 6.72. The molecule has 0 bridgehead atoms. The molecule has 0 saturated carbocycles. The van der Waals surface area contributed by atoms with Crippen molar-refractivity contribution in [2.75, 3.05) is 38.5 Å². The summed E-state index contributed by atoms with van der Waals surface area (Å²) in [5.74, 6) is -0.374. The van der Waals surface area contributed by atoms with Gasteiger partial charge >= 0.3 is 6.18 Å². The molecule has 9 heteroatoms. The highest BCUT2D eigenvalue weighted by atomic mass is 19.4. The van der Waals surface area contributed by atoms with Gasteiger partial charge in [0.25, 0.3) is 0 Å². The molecule has 0 spiro atoms. The normalized spacial score (nSPS) is 15.2. The first-order valence-corrected chi connectivity index (χ1v) is 12.2. The minimum Gasteiger partial charge on any atom is -0.326 e. The highest BCUT2D eigenvalue weighted by Gasteiger charge is 2.34. The van der Waals surface area contributed by atoms with E-state index in [-0.39, 0.29) is 30.1 Å². The molecule has 3 aromatic carbocycles. The van der Waals surface area contributed by atoms with Crippen molar-refractivity contribution in [2.24, 2.45) is 0 Å². The number of likely N-dealkylation sites (N-methyl/N-ethyl adjacent to an activating group) is 1. The quantitative estimate of drug-likeness (QED) is 0.400. The highest BCUT2D eigenvalue weighted by Crippen LogP contribution is 2.34. The molecule has 37 heavy (non-hydrogen) atoms. The van der Waals surface area contributed by atoms with Gasteiger partial charge in [-0.15, -0.1) is 0 Å². The first kappa shape index (κ1) is 25.0. The van der Waals surface area contributed by atoms with Gasteiger partial charge in [0.15, 0.2) is 0 Å². The van der Waals surface area contributed by atoms with Crippen molar-refractivity contribution >= 4 is 22.6 Å². The summed E-state index contributed by atoms with van der Waals surface area (Å²) in [5.41, 5.74) is 3.18. The number of benzene rings is 3. The van der Waals surface area contributed by atoms with Crippen molar-refractivity contribution < 1.29 is 18.0 Å². The Bertz CT molecular complexity index is 1390. The maximum absolute atomic E-state index is 13.8. The molecule has 5 rings (SSSR count). The number of aromatic nitrogens is 2. The molecular weight excluding hydrogens is 479 g/mol. The lowest BCUT2D eigenvalue weighted by Gasteiger charge is -2.33. The zero-order valence-corrected chi connectivity index (χ0v) is 20.5. The average Bonchev–Trinajstić information content (AvgIpc) is 3.30. The van der Waals surface area contributed by atoms with Gasteiger partial charge in [0, 0.05) is 44.1 Å². The standard InChI is InChI=1S/C28H28F3N5O/c1-34-12-14-35(15-13-34)18-21-8-9-22(17-24(21)28(29,30)31)33-27(37)16-20-6-10-23(11-7-20)36-19-32-25-4-2-3-5-26(25)36/h2-11,17,19H,12-16,18H2,1H3,(H,33,37). The van der Waals surface area contributed by atoms with E-state index < -0.39 is 11.7 Å². The second kappa shape index (κ2) is 10.4. The fraction of sp³-hybridized carbons (Fsp3) is 0.286. The van der Waals surface area contributed by atoms with Crippen LogP contribution in [0.25, 0.3) is 16.7 Å². The van der Waals surface area contributed by atoms with Gasteiger partial charge in [-0.2, -0.15) is 13.2 Å². The smallest absolute Gasteiger partial charge is 0.326 e.